The quantitative estimate of drug-likeness (QED) is 0.516. The van der Waals surface area contributed by atoms with Crippen molar-refractivity contribution in [3.63, 3.8) is 0 Å². The summed E-state index contributed by atoms with van der Waals surface area (Å²) in [5.41, 5.74) is 6.08. The van der Waals surface area contributed by atoms with Crippen LogP contribution in [0.2, 0.25) is 0 Å². The van der Waals surface area contributed by atoms with Gasteiger partial charge in [-0.2, -0.15) is 10.4 Å². The fraction of sp³-hybridized carbons (Fsp3) is 0.0909. The Balaban J connectivity index is 1.93. The standard InChI is InChI=1S/C22H17N3/c1-15-21(20-12-11-17-5-3-4-6-19(17)13-20)22(25(2)24-15)18-9-7-16(14-23)8-10-18/h3-13H,1-2H3. The first kappa shape index (κ1) is 15.2. The zero-order chi connectivity index (χ0) is 17.4. The van der Waals surface area contributed by atoms with Crippen molar-refractivity contribution in [1.29, 1.82) is 5.26 Å². The summed E-state index contributed by atoms with van der Waals surface area (Å²) >= 11 is 0. The van der Waals surface area contributed by atoms with Crippen molar-refractivity contribution < 1.29 is 0 Å². The monoisotopic (exact) mass is 323 g/mol. The molecule has 0 amide bonds. The molecule has 0 saturated heterocycles. The highest BCUT2D eigenvalue weighted by atomic mass is 15.3. The van der Waals surface area contributed by atoms with Crippen LogP contribution >= 0.6 is 0 Å². The Kier molecular flexibility index (Phi) is 3.59. The molecular weight excluding hydrogens is 306 g/mol. The molecule has 0 bridgehead atoms. The molecule has 3 nitrogen and oxygen atoms in total. The molecule has 0 aliphatic rings. The second-order valence-electron chi connectivity index (χ2n) is 6.18. The highest BCUT2D eigenvalue weighted by Gasteiger charge is 2.17. The lowest BCUT2D eigenvalue weighted by Gasteiger charge is -2.09. The summed E-state index contributed by atoms with van der Waals surface area (Å²) in [6.45, 7) is 2.04. The maximum atomic E-state index is 9.02. The van der Waals surface area contributed by atoms with E-state index in [9.17, 15) is 0 Å². The molecule has 0 aliphatic heterocycles. The third-order valence-electron chi connectivity index (χ3n) is 4.55. The molecule has 3 heteroatoms. The van der Waals surface area contributed by atoms with Gasteiger partial charge in [0.25, 0.3) is 0 Å². The number of fused-ring (bicyclic) bond motifs is 1. The summed E-state index contributed by atoms with van der Waals surface area (Å²) in [6, 6.07) is 24.7. The van der Waals surface area contributed by atoms with Gasteiger partial charge in [-0.05, 0) is 41.5 Å². The van der Waals surface area contributed by atoms with Crippen LogP contribution in [0.4, 0.5) is 0 Å². The summed E-state index contributed by atoms with van der Waals surface area (Å²) in [6.07, 6.45) is 0. The fourth-order valence-electron chi connectivity index (χ4n) is 3.38. The minimum absolute atomic E-state index is 0.662. The van der Waals surface area contributed by atoms with Crippen LogP contribution in [0.25, 0.3) is 33.2 Å². The molecule has 0 N–H and O–H groups in total. The summed E-state index contributed by atoms with van der Waals surface area (Å²) in [7, 11) is 1.96. The second-order valence-corrected chi connectivity index (χ2v) is 6.18. The van der Waals surface area contributed by atoms with E-state index in [0.29, 0.717) is 5.56 Å². The number of hydrogen-bond acceptors (Lipinski definition) is 2. The molecule has 0 fully saturated rings. The zero-order valence-corrected chi connectivity index (χ0v) is 14.2. The highest BCUT2D eigenvalue weighted by molar-refractivity contribution is 5.91. The minimum atomic E-state index is 0.662. The summed E-state index contributed by atoms with van der Waals surface area (Å²) in [5.74, 6) is 0. The van der Waals surface area contributed by atoms with E-state index in [1.807, 2.05) is 42.9 Å². The number of aromatic nitrogens is 2. The predicted octanol–water partition coefficient (Wildman–Crippen LogP) is 5.09. The zero-order valence-electron chi connectivity index (χ0n) is 14.2. The van der Waals surface area contributed by atoms with Crippen molar-refractivity contribution in [2.45, 2.75) is 6.92 Å². The van der Waals surface area contributed by atoms with E-state index in [1.54, 1.807) is 0 Å². The number of benzene rings is 3. The van der Waals surface area contributed by atoms with E-state index in [1.165, 1.54) is 10.8 Å². The molecule has 0 saturated carbocycles. The van der Waals surface area contributed by atoms with Crippen molar-refractivity contribution in [3.8, 4) is 28.5 Å². The Hall–Kier alpha value is -3.38. The van der Waals surface area contributed by atoms with Gasteiger partial charge >= 0.3 is 0 Å². The Morgan fingerprint density at radius 1 is 0.880 bits per heavy atom. The minimum Gasteiger partial charge on any atom is -0.267 e. The van der Waals surface area contributed by atoms with Crippen LogP contribution in [-0.4, -0.2) is 9.78 Å². The number of aryl methyl sites for hydroxylation is 2. The Morgan fingerprint density at radius 3 is 2.28 bits per heavy atom. The van der Waals surface area contributed by atoms with Crippen molar-refractivity contribution in [2.75, 3.05) is 0 Å². The first-order valence-corrected chi connectivity index (χ1v) is 8.20. The lowest BCUT2D eigenvalue weighted by molar-refractivity contribution is 0.764. The Labute approximate surface area is 146 Å². The molecule has 120 valence electrons. The first-order chi connectivity index (χ1) is 12.2. The molecule has 0 spiro atoms. The van der Waals surface area contributed by atoms with E-state index in [2.05, 4.69) is 53.6 Å². The van der Waals surface area contributed by atoms with Gasteiger partial charge in [0.05, 0.1) is 23.0 Å². The van der Waals surface area contributed by atoms with Crippen molar-refractivity contribution in [3.05, 3.63) is 78.0 Å². The number of rotatable bonds is 2. The third kappa shape index (κ3) is 2.58. The van der Waals surface area contributed by atoms with Gasteiger partial charge in [-0.1, -0.05) is 48.5 Å². The smallest absolute Gasteiger partial charge is 0.0991 e. The van der Waals surface area contributed by atoms with Crippen LogP contribution in [0.15, 0.2) is 66.7 Å². The molecule has 1 aromatic heterocycles. The molecule has 0 radical (unpaired) electrons. The summed E-state index contributed by atoms with van der Waals surface area (Å²) in [4.78, 5) is 0. The molecular formula is C22H17N3. The maximum absolute atomic E-state index is 9.02. The van der Waals surface area contributed by atoms with Crippen LogP contribution in [0.3, 0.4) is 0 Å². The van der Waals surface area contributed by atoms with E-state index in [-0.39, 0.29) is 0 Å². The largest absolute Gasteiger partial charge is 0.267 e. The normalized spacial score (nSPS) is 10.8. The molecule has 4 rings (SSSR count). The summed E-state index contributed by atoms with van der Waals surface area (Å²) in [5, 5.41) is 16.1. The Morgan fingerprint density at radius 2 is 1.56 bits per heavy atom. The second kappa shape index (κ2) is 5.92. The van der Waals surface area contributed by atoms with E-state index in [0.717, 1.165) is 28.1 Å². The number of nitriles is 1. The van der Waals surface area contributed by atoms with Crippen LogP contribution in [0.5, 0.6) is 0 Å². The molecule has 25 heavy (non-hydrogen) atoms. The van der Waals surface area contributed by atoms with Gasteiger partial charge in [-0.3, -0.25) is 4.68 Å². The molecule has 0 unspecified atom stereocenters. The molecule has 0 aliphatic carbocycles. The van der Waals surface area contributed by atoms with Crippen molar-refractivity contribution >= 4 is 10.8 Å². The molecule has 0 atom stereocenters. The first-order valence-electron chi connectivity index (χ1n) is 8.20. The molecule has 4 aromatic rings. The number of hydrogen-bond donors (Lipinski definition) is 0. The maximum Gasteiger partial charge on any atom is 0.0991 e. The van der Waals surface area contributed by atoms with E-state index >= 15 is 0 Å². The van der Waals surface area contributed by atoms with Gasteiger partial charge in [0.1, 0.15) is 0 Å². The van der Waals surface area contributed by atoms with Gasteiger partial charge in [0, 0.05) is 18.2 Å². The fourth-order valence-corrected chi connectivity index (χ4v) is 3.38. The number of nitrogens with zero attached hydrogens (tertiary/aromatic N) is 3. The third-order valence-corrected chi connectivity index (χ3v) is 4.55. The van der Waals surface area contributed by atoms with Crippen LogP contribution in [0, 0.1) is 18.3 Å². The van der Waals surface area contributed by atoms with Crippen LogP contribution in [0.1, 0.15) is 11.3 Å². The SMILES string of the molecule is Cc1nn(C)c(-c2ccc(C#N)cc2)c1-c1ccc2ccccc2c1. The predicted molar refractivity (Wildman–Crippen MR) is 101 cm³/mol. The highest BCUT2D eigenvalue weighted by Crippen LogP contribution is 2.35. The van der Waals surface area contributed by atoms with Gasteiger partial charge < -0.3 is 0 Å². The van der Waals surface area contributed by atoms with Crippen molar-refractivity contribution in [2.24, 2.45) is 7.05 Å². The van der Waals surface area contributed by atoms with Gasteiger partial charge in [0.2, 0.25) is 0 Å². The molecule has 3 aromatic carbocycles. The lowest BCUT2D eigenvalue weighted by atomic mass is 9.96. The van der Waals surface area contributed by atoms with E-state index < -0.39 is 0 Å². The van der Waals surface area contributed by atoms with Gasteiger partial charge in [-0.25, -0.2) is 0 Å². The lowest BCUT2D eigenvalue weighted by Crippen LogP contribution is -1.94. The topological polar surface area (TPSA) is 41.6 Å². The van der Waals surface area contributed by atoms with Gasteiger partial charge in [-0.15, -0.1) is 0 Å². The molecule has 1 heterocycles. The van der Waals surface area contributed by atoms with Crippen LogP contribution in [-0.2, 0) is 7.05 Å². The Bertz CT molecular complexity index is 1110. The van der Waals surface area contributed by atoms with Gasteiger partial charge in [0.15, 0.2) is 0 Å². The summed E-state index contributed by atoms with van der Waals surface area (Å²) < 4.78 is 1.92. The average molecular weight is 323 g/mol. The van der Waals surface area contributed by atoms with Crippen LogP contribution < -0.4 is 0 Å². The average Bonchev–Trinajstić information content (AvgIpc) is 2.95. The van der Waals surface area contributed by atoms with Crippen molar-refractivity contribution in [1.82, 2.24) is 9.78 Å². The van der Waals surface area contributed by atoms with E-state index in [4.69, 9.17) is 5.26 Å².